The van der Waals surface area contributed by atoms with Crippen molar-refractivity contribution >= 4 is 18.6 Å². The van der Waals surface area contributed by atoms with Crippen molar-refractivity contribution in [1.29, 1.82) is 0 Å². The fourth-order valence-corrected chi connectivity index (χ4v) is 2.29. The Bertz CT molecular complexity index is 720. The second-order valence-corrected chi connectivity index (χ2v) is 4.76. The third kappa shape index (κ3) is 2.54. The van der Waals surface area contributed by atoms with Gasteiger partial charge in [-0.1, -0.05) is 6.07 Å². The Hall–Kier alpha value is -2.45. The van der Waals surface area contributed by atoms with Crippen molar-refractivity contribution in [2.24, 2.45) is 0 Å². The number of rotatable bonds is 3. The van der Waals surface area contributed by atoms with Crippen LogP contribution in [0.25, 0.3) is 0 Å². The standard InChI is InChI=1S/C14H13BN2O5/c1-8-11(4-3-9-7-21-15(19)13(8)9)22-12-6-16-10(5-17-12)14(18)20-2/h3-6,19H,7H2,1-2H3. The van der Waals surface area contributed by atoms with Crippen LogP contribution < -0.4 is 10.2 Å². The largest absolute Gasteiger partial charge is 0.492 e. The Morgan fingerprint density at radius 3 is 2.86 bits per heavy atom. The van der Waals surface area contributed by atoms with Gasteiger partial charge in [0.2, 0.25) is 5.88 Å². The van der Waals surface area contributed by atoms with Crippen molar-refractivity contribution < 1.29 is 23.9 Å². The van der Waals surface area contributed by atoms with Gasteiger partial charge in [-0.05, 0) is 29.6 Å². The summed E-state index contributed by atoms with van der Waals surface area (Å²) < 4.78 is 15.4. The third-order valence-electron chi connectivity index (χ3n) is 3.44. The second-order valence-electron chi connectivity index (χ2n) is 4.76. The molecule has 0 saturated carbocycles. The Morgan fingerprint density at radius 2 is 2.18 bits per heavy atom. The van der Waals surface area contributed by atoms with Crippen LogP contribution in [0, 0.1) is 6.92 Å². The van der Waals surface area contributed by atoms with E-state index in [2.05, 4.69) is 14.7 Å². The van der Waals surface area contributed by atoms with Gasteiger partial charge in [-0.15, -0.1) is 0 Å². The molecule has 0 amide bonds. The van der Waals surface area contributed by atoms with Gasteiger partial charge in [0.15, 0.2) is 5.69 Å². The number of aromatic nitrogens is 2. The van der Waals surface area contributed by atoms with Crippen LogP contribution in [-0.2, 0) is 16.0 Å². The van der Waals surface area contributed by atoms with Crippen molar-refractivity contribution in [2.45, 2.75) is 13.5 Å². The molecule has 1 N–H and O–H groups in total. The number of benzene rings is 1. The van der Waals surface area contributed by atoms with E-state index in [1.54, 1.807) is 6.07 Å². The van der Waals surface area contributed by atoms with Crippen LogP contribution in [0.15, 0.2) is 24.5 Å². The fourth-order valence-electron chi connectivity index (χ4n) is 2.29. The zero-order valence-electron chi connectivity index (χ0n) is 12.1. The highest BCUT2D eigenvalue weighted by Crippen LogP contribution is 2.25. The number of methoxy groups -OCH3 is 1. The molecule has 3 rings (SSSR count). The van der Waals surface area contributed by atoms with Gasteiger partial charge >= 0.3 is 13.1 Å². The lowest BCUT2D eigenvalue weighted by Gasteiger charge is -2.11. The van der Waals surface area contributed by atoms with E-state index in [1.807, 2.05) is 13.0 Å². The number of carbonyl (C=O) groups excluding carboxylic acids is 1. The number of hydrogen-bond acceptors (Lipinski definition) is 7. The van der Waals surface area contributed by atoms with Crippen molar-refractivity contribution in [2.75, 3.05) is 7.11 Å². The van der Waals surface area contributed by atoms with E-state index in [9.17, 15) is 9.82 Å². The van der Waals surface area contributed by atoms with E-state index in [0.29, 0.717) is 12.4 Å². The van der Waals surface area contributed by atoms with Crippen LogP contribution in [0.5, 0.6) is 11.6 Å². The van der Waals surface area contributed by atoms with E-state index in [-0.39, 0.29) is 11.6 Å². The van der Waals surface area contributed by atoms with Crippen LogP contribution in [0.3, 0.4) is 0 Å². The summed E-state index contributed by atoms with van der Waals surface area (Å²) in [5.74, 6) is 0.223. The monoisotopic (exact) mass is 300 g/mol. The predicted molar refractivity (Wildman–Crippen MR) is 77.0 cm³/mol. The van der Waals surface area contributed by atoms with Crippen molar-refractivity contribution in [3.63, 3.8) is 0 Å². The molecule has 112 valence electrons. The molecule has 0 spiro atoms. The van der Waals surface area contributed by atoms with Gasteiger partial charge in [0.1, 0.15) is 5.75 Å². The highest BCUT2D eigenvalue weighted by atomic mass is 16.5. The lowest BCUT2D eigenvalue weighted by Crippen LogP contribution is -2.30. The van der Waals surface area contributed by atoms with E-state index in [0.717, 1.165) is 16.6 Å². The van der Waals surface area contributed by atoms with Crippen molar-refractivity contribution in [3.05, 3.63) is 41.3 Å². The molecule has 22 heavy (non-hydrogen) atoms. The summed E-state index contributed by atoms with van der Waals surface area (Å²) in [6.07, 6.45) is 2.62. The molecule has 0 unspecified atom stereocenters. The van der Waals surface area contributed by atoms with Gasteiger partial charge in [0, 0.05) is 0 Å². The molecule has 0 bridgehead atoms. The molecule has 2 heterocycles. The molecule has 2 aromatic rings. The number of nitrogens with zero attached hydrogens (tertiary/aromatic N) is 2. The third-order valence-corrected chi connectivity index (χ3v) is 3.44. The van der Waals surface area contributed by atoms with Crippen molar-refractivity contribution in [3.8, 4) is 11.6 Å². The minimum absolute atomic E-state index is 0.101. The van der Waals surface area contributed by atoms with Gasteiger partial charge in [-0.25, -0.2) is 14.8 Å². The van der Waals surface area contributed by atoms with Crippen LogP contribution >= 0.6 is 0 Å². The van der Waals surface area contributed by atoms with Crippen LogP contribution in [0.1, 0.15) is 21.6 Å². The summed E-state index contributed by atoms with van der Waals surface area (Å²) in [6.45, 7) is 2.22. The zero-order chi connectivity index (χ0) is 15.7. The molecule has 0 atom stereocenters. The van der Waals surface area contributed by atoms with E-state index in [1.165, 1.54) is 19.5 Å². The van der Waals surface area contributed by atoms with Gasteiger partial charge < -0.3 is 19.2 Å². The summed E-state index contributed by atoms with van der Waals surface area (Å²) in [5.41, 5.74) is 2.53. The molecule has 8 heteroatoms. The lowest BCUT2D eigenvalue weighted by atomic mass is 9.76. The number of hydrogen-bond donors (Lipinski definition) is 1. The van der Waals surface area contributed by atoms with Crippen LogP contribution in [-0.4, -0.2) is 35.2 Å². The van der Waals surface area contributed by atoms with E-state index < -0.39 is 13.1 Å². The van der Waals surface area contributed by atoms with E-state index >= 15 is 0 Å². The summed E-state index contributed by atoms with van der Waals surface area (Å²) in [4.78, 5) is 19.2. The molecule has 1 aromatic heterocycles. The molecule has 0 saturated heterocycles. The molecular weight excluding hydrogens is 287 g/mol. The lowest BCUT2D eigenvalue weighted by molar-refractivity contribution is 0.0593. The molecule has 0 radical (unpaired) electrons. The minimum atomic E-state index is -0.939. The van der Waals surface area contributed by atoms with Crippen LogP contribution in [0.2, 0.25) is 0 Å². The Balaban J connectivity index is 1.85. The number of fused-ring (bicyclic) bond motifs is 1. The molecule has 7 nitrogen and oxygen atoms in total. The minimum Gasteiger partial charge on any atom is -0.464 e. The number of ether oxygens (including phenoxy) is 2. The fraction of sp³-hybridized carbons (Fsp3) is 0.214. The highest BCUT2D eigenvalue weighted by Gasteiger charge is 2.30. The maximum Gasteiger partial charge on any atom is 0.492 e. The molecule has 1 aromatic carbocycles. The van der Waals surface area contributed by atoms with Gasteiger partial charge in [0.05, 0.1) is 26.1 Å². The number of esters is 1. The first-order chi connectivity index (χ1) is 10.6. The number of carbonyl (C=O) groups is 1. The summed E-state index contributed by atoms with van der Waals surface area (Å²) in [5, 5.41) is 9.82. The highest BCUT2D eigenvalue weighted by molar-refractivity contribution is 6.62. The average Bonchev–Trinajstić information content (AvgIpc) is 2.92. The summed E-state index contributed by atoms with van der Waals surface area (Å²) >= 11 is 0. The Kier molecular flexibility index (Phi) is 3.78. The smallest absolute Gasteiger partial charge is 0.464 e. The van der Waals surface area contributed by atoms with E-state index in [4.69, 9.17) is 9.39 Å². The molecule has 1 aliphatic heterocycles. The average molecular weight is 300 g/mol. The molecule has 1 aliphatic rings. The zero-order valence-corrected chi connectivity index (χ0v) is 12.1. The van der Waals surface area contributed by atoms with Crippen LogP contribution in [0.4, 0.5) is 0 Å². The first kappa shape index (κ1) is 14.5. The molecular formula is C14H13BN2O5. The first-order valence-electron chi connectivity index (χ1n) is 6.60. The predicted octanol–water partition coefficient (Wildman–Crippen LogP) is 0.582. The summed E-state index contributed by atoms with van der Waals surface area (Å²) in [7, 11) is 0.335. The van der Waals surface area contributed by atoms with Crippen molar-refractivity contribution in [1.82, 2.24) is 9.97 Å². The quantitative estimate of drug-likeness (QED) is 0.655. The Morgan fingerprint density at radius 1 is 1.36 bits per heavy atom. The Labute approximate surface area is 127 Å². The normalized spacial score (nSPS) is 13.0. The van der Waals surface area contributed by atoms with Gasteiger partial charge in [-0.3, -0.25) is 0 Å². The SMILES string of the molecule is COC(=O)c1cnc(Oc2ccc3c(c2C)B(O)OC3)cn1. The molecule has 0 fully saturated rings. The first-order valence-corrected chi connectivity index (χ1v) is 6.60. The summed E-state index contributed by atoms with van der Waals surface area (Å²) in [6, 6.07) is 3.62. The maximum atomic E-state index is 11.3. The van der Waals surface area contributed by atoms with Gasteiger partial charge in [0.25, 0.3) is 0 Å². The molecule has 0 aliphatic carbocycles. The van der Waals surface area contributed by atoms with Gasteiger partial charge in [-0.2, -0.15) is 0 Å². The topological polar surface area (TPSA) is 90.8 Å². The second kappa shape index (κ2) is 5.74. The maximum absolute atomic E-state index is 11.3.